The molecule has 0 aliphatic carbocycles. The Bertz CT molecular complexity index is 724. The summed E-state index contributed by atoms with van der Waals surface area (Å²) in [6, 6.07) is 19.9. The molecule has 0 unspecified atom stereocenters. The lowest BCUT2D eigenvalue weighted by atomic mass is 9.96. The highest BCUT2D eigenvalue weighted by Gasteiger charge is 2.03. The van der Waals surface area contributed by atoms with E-state index in [2.05, 4.69) is 67.9 Å². The third kappa shape index (κ3) is 3.26. The molecule has 0 heterocycles. The minimum atomic E-state index is 1.19. The molecule has 0 N–H and O–H groups in total. The normalized spacial score (nSPS) is 11.3. The Kier molecular flexibility index (Phi) is 4.55. The molecule has 3 aromatic carbocycles. The molecule has 0 fully saturated rings. The van der Waals surface area contributed by atoms with Crippen LogP contribution in [-0.4, -0.2) is 0 Å². The Morgan fingerprint density at radius 3 is 2.33 bits per heavy atom. The molecular formula is C21H23. The van der Waals surface area contributed by atoms with Gasteiger partial charge >= 0.3 is 0 Å². The van der Waals surface area contributed by atoms with E-state index < -0.39 is 0 Å². The molecule has 0 aromatic heterocycles. The summed E-state index contributed by atoms with van der Waals surface area (Å²) < 4.78 is 0. The predicted octanol–water partition coefficient (Wildman–Crippen LogP) is 6.52. The van der Waals surface area contributed by atoms with Gasteiger partial charge < -0.3 is 0 Å². The lowest BCUT2D eigenvalue weighted by Crippen LogP contribution is -1.86. The quantitative estimate of drug-likeness (QED) is 0.355. The van der Waals surface area contributed by atoms with Crippen LogP contribution in [0.5, 0.6) is 0 Å². The van der Waals surface area contributed by atoms with Crippen molar-refractivity contribution in [2.75, 3.05) is 0 Å². The summed E-state index contributed by atoms with van der Waals surface area (Å²) in [7, 11) is 0. The van der Waals surface area contributed by atoms with Crippen LogP contribution in [0.3, 0.4) is 0 Å². The minimum Gasteiger partial charge on any atom is -0.0654 e. The SMILES string of the molecule is CCCCCC[CH]c1cccc2cc3ccccc3cc12. The first-order valence-corrected chi connectivity index (χ1v) is 8.13. The van der Waals surface area contributed by atoms with Gasteiger partial charge in [-0.1, -0.05) is 75.1 Å². The fourth-order valence-corrected chi connectivity index (χ4v) is 3.00. The number of hydrogen-bond acceptors (Lipinski definition) is 0. The van der Waals surface area contributed by atoms with Crippen LogP contribution in [0.2, 0.25) is 0 Å². The van der Waals surface area contributed by atoms with Gasteiger partial charge in [0.25, 0.3) is 0 Å². The fraction of sp³-hybridized carbons (Fsp3) is 0.286. The zero-order chi connectivity index (χ0) is 14.5. The third-order valence-electron chi connectivity index (χ3n) is 4.20. The molecule has 0 heteroatoms. The number of fused-ring (bicyclic) bond motifs is 2. The van der Waals surface area contributed by atoms with Crippen LogP contribution in [0.15, 0.2) is 54.6 Å². The summed E-state index contributed by atoms with van der Waals surface area (Å²) in [5.74, 6) is 0. The largest absolute Gasteiger partial charge is 0.0654 e. The van der Waals surface area contributed by atoms with Gasteiger partial charge in [0.15, 0.2) is 0 Å². The molecule has 1 radical (unpaired) electrons. The van der Waals surface area contributed by atoms with Gasteiger partial charge in [0.05, 0.1) is 0 Å². The second-order valence-electron chi connectivity index (χ2n) is 5.82. The molecule has 0 saturated carbocycles. The van der Waals surface area contributed by atoms with Crippen LogP contribution in [0.4, 0.5) is 0 Å². The molecule has 0 atom stereocenters. The molecule has 0 aliphatic heterocycles. The van der Waals surface area contributed by atoms with E-state index in [9.17, 15) is 0 Å². The van der Waals surface area contributed by atoms with Gasteiger partial charge in [0, 0.05) is 0 Å². The number of hydrogen-bond donors (Lipinski definition) is 0. The summed E-state index contributed by atoms with van der Waals surface area (Å²) in [5, 5.41) is 5.38. The maximum absolute atomic E-state index is 2.41. The third-order valence-corrected chi connectivity index (χ3v) is 4.20. The van der Waals surface area contributed by atoms with Gasteiger partial charge in [-0.25, -0.2) is 0 Å². The van der Waals surface area contributed by atoms with Gasteiger partial charge in [0.2, 0.25) is 0 Å². The van der Waals surface area contributed by atoms with E-state index in [0.29, 0.717) is 0 Å². The van der Waals surface area contributed by atoms with E-state index in [-0.39, 0.29) is 0 Å². The van der Waals surface area contributed by atoms with E-state index >= 15 is 0 Å². The van der Waals surface area contributed by atoms with Crippen molar-refractivity contribution in [1.29, 1.82) is 0 Å². The zero-order valence-corrected chi connectivity index (χ0v) is 12.8. The Morgan fingerprint density at radius 1 is 0.762 bits per heavy atom. The maximum Gasteiger partial charge on any atom is -0.00867 e. The smallest absolute Gasteiger partial charge is 0.00867 e. The van der Waals surface area contributed by atoms with Crippen molar-refractivity contribution in [2.24, 2.45) is 0 Å². The lowest BCUT2D eigenvalue weighted by molar-refractivity contribution is 0.665. The van der Waals surface area contributed by atoms with Crippen LogP contribution in [0, 0.1) is 6.42 Å². The molecule has 21 heavy (non-hydrogen) atoms. The second kappa shape index (κ2) is 6.76. The Morgan fingerprint density at radius 2 is 1.52 bits per heavy atom. The standard InChI is InChI=1S/C21H23/c1-2-3-4-5-6-10-17-13-9-14-20-15-18-11-7-8-12-19(18)16-21(17)20/h7-16H,2-6H2,1H3. The molecule has 0 amide bonds. The van der Waals surface area contributed by atoms with Gasteiger partial charge in [0.1, 0.15) is 0 Å². The molecule has 3 aromatic rings. The average molecular weight is 275 g/mol. The van der Waals surface area contributed by atoms with Crippen molar-refractivity contribution >= 4 is 21.5 Å². The molecule has 0 aliphatic rings. The molecule has 0 spiro atoms. The van der Waals surface area contributed by atoms with Crippen molar-refractivity contribution in [3.05, 3.63) is 66.6 Å². The van der Waals surface area contributed by atoms with Gasteiger partial charge in [-0.05, 0) is 52.1 Å². The van der Waals surface area contributed by atoms with Crippen molar-refractivity contribution < 1.29 is 0 Å². The lowest BCUT2D eigenvalue weighted by Gasteiger charge is -2.08. The average Bonchev–Trinajstić information content (AvgIpc) is 2.53. The monoisotopic (exact) mass is 275 g/mol. The molecule has 3 rings (SSSR count). The van der Waals surface area contributed by atoms with E-state index in [4.69, 9.17) is 0 Å². The maximum atomic E-state index is 2.41. The van der Waals surface area contributed by atoms with Crippen molar-refractivity contribution in [3.63, 3.8) is 0 Å². The highest BCUT2D eigenvalue weighted by atomic mass is 14.1. The fourth-order valence-electron chi connectivity index (χ4n) is 3.00. The Balaban J connectivity index is 1.86. The highest BCUT2D eigenvalue weighted by molar-refractivity contribution is 6.00. The van der Waals surface area contributed by atoms with Gasteiger partial charge in [-0.2, -0.15) is 0 Å². The zero-order valence-electron chi connectivity index (χ0n) is 12.8. The highest BCUT2D eigenvalue weighted by Crippen LogP contribution is 2.27. The van der Waals surface area contributed by atoms with Crippen molar-refractivity contribution in [1.82, 2.24) is 0 Å². The number of rotatable bonds is 6. The molecule has 0 nitrogen and oxygen atoms in total. The summed E-state index contributed by atoms with van der Waals surface area (Å²) in [4.78, 5) is 0. The van der Waals surface area contributed by atoms with Crippen LogP contribution in [0.1, 0.15) is 44.6 Å². The van der Waals surface area contributed by atoms with Gasteiger partial charge in [-0.3, -0.25) is 0 Å². The first kappa shape index (κ1) is 14.1. The van der Waals surface area contributed by atoms with Crippen LogP contribution in [-0.2, 0) is 0 Å². The van der Waals surface area contributed by atoms with E-state index in [1.807, 2.05) is 0 Å². The van der Waals surface area contributed by atoms with Crippen LogP contribution >= 0.6 is 0 Å². The Hall–Kier alpha value is -1.82. The summed E-state index contributed by atoms with van der Waals surface area (Å²) in [5.41, 5.74) is 1.38. The molecule has 0 saturated heterocycles. The Labute approximate surface area is 127 Å². The van der Waals surface area contributed by atoms with Crippen LogP contribution in [0.25, 0.3) is 21.5 Å². The molecular weight excluding hydrogens is 252 g/mol. The first-order chi connectivity index (χ1) is 10.4. The van der Waals surface area contributed by atoms with Crippen molar-refractivity contribution in [3.8, 4) is 0 Å². The van der Waals surface area contributed by atoms with E-state index in [1.54, 1.807) is 0 Å². The minimum absolute atomic E-state index is 1.19. The summed E-state index contributed by atoms with van der Waals surface area (Å²) >= 11 is 0. The van der Waals surface area contributed by atoms with E-state index in [1.165, 1.54) is 59.2 Å². The second-order valence-corrected chi connectivity index (χ2v) is 5.82. The molecule has 0 bridgehead atoms. The number of benzene rings is 3. The van der Waals surface area contributed by atoms with Crippen molar-refractivity contribution in [2.45, 2.75) is 39.0 Å². The topological polar surface area (TPSA) is 0 Å². The number of unbranched alkanes of at least 4 members (excludes halogenated alkanes) is 4. The summed E-state index contributed by atoms with van der Waals surface area (Å²) in [6.07, 6.45) is 8.91. The predicted molar refractivity (Wildman–Crippen MR) is 93.6 cm³/mol. The summed E-state index contributed by atoms with van der Waals surface area (Å²) in [6.45, 7) is 2.26. The van der Waals surface area contributed by atoms with Gasteiger partial charge in [-0.15, -0.1) is 0 Å². The molecule has 107 valence electrons. The van der Waals surface area contributed by atoms with Crippen LogP contribution < -0.4 is 0 Å². The first-order valence-electron chi connectivity index (χ1n) is 8.13. The van der Waals surface area contributed by atoms with E-state index in [0.717, 1.165) is 0 Å².